The maximum Gasteiger partial charge on any atom is 0.0633 e. The van der Waals surface area contributed by atoms with E-state index in [1.54, 1.807) is 0 Å². The van der Waals surface area contributed by atoms with E-state index in [-0.39, 0.29) is 0 Å². The maximum absolute atomic E-state index is 2.51. The number of rotatable bonds is 5. The predicted octanol–water partition coefficient (Wildman–Crippen LogP) is 14.4. The average Bonchev–Trinajstić information content (AvgIpc) is 3.74. The first-order valence-electron chi connectivity index (χ1n) is 16.6. The Morgan fingerprint density at radius 2 is 1.00 bits per heavy atom. The number of anilines is 3. The van der Waals surface area contributed by atoms with Crippen molar-refractivity contribution in [3.63, 3.8) is 0 Å². The average molecular weight is 660 g/mol. The Bertz CT molecular complexity index is 2830. The predicted molar refractivity (Wildman–Crippen MR) is 215 cm³/mol. The van der Waals surface area contributed by atoms with E-state index in [0.717, 1.165) is 11.4 Å². The highest BCUT2D eigenvalue weighted by molar-refractivity contribution is 7.26. The number of fused-ring (bicyclic) bond motifs is 7. The molecule has 0 amide bonds. The Hall–Kier alpha value is -5.74. The van der Waals surface area contributed by atoms with Gasteiger partial charge in [-0.05, 0) is 58.5 Å². The first-order chi connectivity index (χ1) is 24.3. The molecule has 0 saturated heterocycles. The molecule has 10 rings (SSSR count). The number of nitrogens with zero attached hydrogens (tertiary/aromatic N) is 1. The van der Waals surface area contributed by atoms with Gasteiger partial charge in [0.1, 0.15) is 0 Å². The third-order valence-electron chi connectivity index (χ3n) is 9.66. The molecular weight excluding hydrogens is 631 g/mol. The van der Waals surface area contributed by atoms with Crippen LogP contribution in [0.2, 0.25) is 0 Å². The van der Waals surface area contributed by atoms with Crippen LogP contribution in [-0.2, 0) is 0 Å². The standard InChI is InChI=1S/C46H29NS2/c1-2-13-30(14-3-1)34-16-6-9-22-40(34)47(45-35-17-5-4-15-32(35)29-43-44(45)39-19-8-11-24-42(39)48-43)33-27-25-31(26-28-33)36-20-12-21-38-37-18-7-10-23-41(37)49-46(36)38/h1-29H. The summed E-state index contributed by atoms with van der Waals surface area (Å²) in [6, 6.07) is 64.4. The molecule has 10 aromatic rings. The lowest BCUT2D eigenvalue weighted by Crippen LogP contribution is -2.12. The van der Waals surface area contributed by atoms with Crippen LogP contribution < -0.4 is 4.90 Å². The van der Waals surface area contributed by atoms with Gasteiger partial charge in [0.2, 0.25) is 0 Å². The molecule has 8 aromatic carbocycles. The summed E-state index contributed by atoms with van der Waals surface area (Å²) in [5.41, 5.74) is 8.39. The Balaban J connectivity index is 1.25. The van der Waals surface area contributed by atoms with Gasteiger partial charge in [-0.15, -0.1) is 22.7 Å². The molecule has 0 aliphatic rings. The van der Waals surface area contributed by atoms with Crippen LogP contribution in [0.15, 0.2) is 176 Å². The van der Waals surface area contributed by atoms with Crippen LogP contribution in [0.3, 0.4) is 0 Å². The Morgan fingerprint density at radius 1 is 0.388 bits per heavy atom. The number of hydrogen-bond acceptors (Lipinski definition) is 3. The molecule has 0 radical (unpaired) electrons. The van der Waals surface area contributed by atoms with Gasteiger partial charge in [-0.1, -0.05) is 140 Å². The maximum atomic E-state index is 2.51. The van der Waals surface area contributed by atoms with Crippen molar-refractivity contribution in [3.05, 3.63) is 176 Å². The van der Waals surface area contributed by atoms with Crippen LogP contribution in [0.5, 0.6) is 0 Å². The summed E-state index contributed by atoms with van der Waals surface area (Å²) < 4.78 is 5.26. The van der Waals surface area contributed by atoms with Gasteiger partial charge in [-0.2, -0.15) is 0 Å². The molecule has 0 saturated carbocycles. The van der Waals surface area contributed by atoms with E-state index in [0.29, 0.717) is 0 Å². The van der Waals surface area contributed by atoms with Gasteiger partial charge in [-0.25, -0.2) is 0 Å². The summed E-state index contributed by atoms with van der Waals surface area (Å²) in [5.74, 6) is 0. The summed E-state index contributed by atoms with van der Waals surface area (Å²) in [5, 5.41) is 7.71. The number of para-hydroxylation sites is 1. The van der Waals surface area contributed by atoms with Crippen molar-refractivity contribution in [1.29, 1.82) is 0 Å². The Kier molecular flexibility index (Phi) is 6.61. The molecule has 0 aliphatic carbocycles. The zero-order valence-corrected chi connectivity index (χ0v) is 28.1. The van der Waals surface area contributed by atoms with Crippen molar-refractivity contribution in [2.45, 2.75) is 0 Å². The molecule has 0 atom stereocenters. The first-order valence-corrected chi connectivity index (χ1v) is 18.2. The van der Waals surface area contributed by atoms with E-state index >= 15 is 0 Å². The highest BCUT2D eigenvalue weighted by atomic mass is 32.1. The third kappa shape index (κ3) is 4.58. The number of benzene rings is 8. The summed E-state index contributed by atoms with van der Waals surface area (Å²) in [6.45, 7) is 0. The zero-order valence-electron chi connectivity index (χ0n) is 26.5. The fourth-order valence-corrected chi connectivity index (χ4v) is 9.84. The minimum atomic E-state index is 1.13. The van der Waals surface area contributed by atoms with Crippen molar-refractivity contribution in [3.8, 4) is 22.3 Å². The normalized spacial score (nSPS) is 11.7. The SMILES string of the molecule is c1ccc(-c2ccccc2N(c2ccc(-c3cccc4c3sc3ccccc34)cc2)c2c3ccccc3cc3sc4ccccc4c23)cc1. The van der Waals surface area contributed by atoms with E-state index in [9.17, 15) is 0 Å². The highest BCUT2D eigenvalue weighted by Gasteiger charge is 2.24. The molecule has 0 unspecified atom stereocenters. The highest BCUT2D eigenvalue weighted by Crippen LogP contribution is 2.51. The Labute approximate surface area is 292 Å². The fourth-order valence-electron chi connectivity index (χ4n) is 7.44. The van der Waals surface area contributed by atoms with Crippen LogP contribution >= 0.6 is 22.7 Å². The first kappa shape index (κ1) is 28.3. The van der Waals surface area contributed by atoms with E-state index < -0.39 is 0 Å². The second-order valence-electron chi connectivity index (χ2n) is 12.5. The van der Waals surface area contributed by atoms with Gasteiger partial charge in [0.25, 0.3) is 0 Å². The summed E-state index contributed by atoms with van der Waals surface area (Å²) in [7, 11) is 0. The number of hydrogen-bond donors (Lipinski definition) is 0. The molecule has 2 aromatic heterocycles. The summed E-state index contributed by atoms with van der Waals surface area (Å²) >= 11 is 3.76. The van der Waals surface area contributed by atoms with Gasteiger partial charge in [0, 0.05) is 57.0 Å². The molecule has 0 aliphatic heterocycles. The third-order valence-corrected chi connectivity index (χ3v) is 12.0. The second-order valence-corrected chi connectivity index (χ2v) is 14.6. The molecule has 3 heteroatoms. The van der Waals surface area contributed by atoms with E-state index in [1.807, 2.05) is 22.7 Å². The molecule has 0 fully saturated rings. The van der Waals surface area contributed by atoms with E-state index in [2.05, 4.69) is 181 Å². The monoisotopic (exact) mass is 659 g/mol. The fraction of sp³-hybridized carbons (Fsp3) is 0. The topological polar surface area (TPSA) is 3.24 Å². The van der Waals surface area contributed by atoms with E-state index in [1.165, 1.54) is 79.1 Å². The smallest absolute Gasteiger partial charge is 0.0633 e. The minimum absolute atomic E-state index is 1.13. The quantitative estimate of drug-likeness (QED) is 0.178. The van der Waals surface area contributed by atoms with Gasteiger partial charge in [-0.3, -0.25) is 0 Å². The van der Waals surface area contributed by atoms with Gasteiger partial charge >= 0.3 is 0 Å². The lowest BCUT2D eigenvalue weighted by Gasteiger charge is -2.30. The van der Waals surface area contributed by atoms with Crippen molar-refractivity contribution in [1.82, 2.24) is 0 Å². The van der Waals surface area contributed by atoms with E-state index in [4.69, 9.17) is 0 Å². The van der Waals surface area contributed by atoms with Gasteiger partial charge < -0.3 is 4.90 Å². The van der Waals surface area contributed by atoms with Gasteiger partial charge in [0.15, 0.2) is 0 Å². The van der Waals surface area contributed by atoms with Crippen LogP contribution in [-0.4, -0.2) is 0 Å². The zero-order chi connectivity index (χ0) is 32.3. The molecular formula is C46H29NS2. The van der Waals surface area contributed by atoms with Crippen LogP contribution in [0.1, 0.15) is 0 Å². The van der Waals surface area contributed by atoms with Gasteiger partial charge in [0.05, 0.1) is 11.4 Å². The Morgan fingerprint density at radius 3 is 1.84 bits per heavy atom. The van der Waals surface area contributed by atoms with Crippen molar-refractivity contribution >= 4 is 90.9 Å². The van der Waals surface area contributed by atoms with Crippen LogP contribution in [0.25, 0.3) is 73.4 Å². The summed E-state index contributed by atoms with van der Waals surface area (Å²) in [6.07, 6.45) is 0. The molecule has 230 valence electrons. The second kappa shape index (κ2) is 11.5. The largest absolute Gasteiger partial charge is 0.309 e. The van der Waals surface area contributed by atoms with Crippen molar-refractivity contribution < 1.29 is 0 Å². The van der Waals surface area contributed by atoms with Crippen molar-refractivity contribution in [2.24, 2.45) is 0 Å². The molecule has 49 heavy (non-hydrogen) atoms. The lowest BCUT2D eigenvalue weighted by molar-refractivity contribution is 1.31. The lowest BCUT2D eigenvalue weighted by atomic mass is 9.97. The van der Waals surface area contributed by atoms with Crippen LogP contribution in [0, 0.1) is 0 Å². The summed E-state index contributed by atoms with van der Waals surface area (Å²) in [4.78, 5) is 2.51. The number of thiophene rings is 2. The van der Waals surface area contributed by atoms with Crippen LogP contribution in [0.4, 0.5) is 17.1 Å². The molecule has 1 nitrogen and oxygen atoms in total. The minimum Gasteiger partial charge on any atom is -0.309 e. The molecule has 2 heterocycles. The molecule has 0 spiro atoms. The van der Waals surface area contributed by atoms with Crippen molar-refractivity contribution in [2.75, 3.05) is 4.90 Å². The molecule has 0 N–H and O–H groups in total. The molecule has 0 bridgehead atoms.